The Morgan fingerprint density at radius 2 is 1.82 bits per heavy atom. The van der Waals surface area contributed by atoms with Crippen LogP contribution in [-0.2, 0) is 14.8 Å². The molecule has 0 aliphatic carbocycles. The Bertz CT molecular complexity index is 483. The average molecular weight is 257 g/mol. The van der Waals surface area contributed by atoms with Gasteiger partial charge in [-0.3, -0.25) is 4.79 Å². The molecule has 0 saturated heterocycles. The van der Waals surface area contributed by atoms with Crippen molar-refractivity contribution in [2.45, 2.75) is 18.3 Å². The number of carbonyl (C=O) groups excluding carboxylic acids is 1. The summed E-state index contributed by atoms with van der Waals surface area (Å²) in [5.41, 5.74) is 0.301. The molecule has 0 amide bonds. The van der Waals surface area contributed by atoms with E-state index in [1.807, 2.05) is 0 Å². The number of ether oxygens (including phenoxy) is 1. The van der Waals surface area contributed by atoms with Crippen LogP contribution in [0.5, 0.6) is 0 Å². The molecular weight excluding hydrogens is 242 g/mol. The lowest BCUT2D eigenvalue weighted by molar-refractivity contribution is 0.0806. The number of carbonyl (C=O) groups is 1. The van der Waals surface area contributed by atoms with Crippen LogP contribution in [-0.4, -0.2) is 32.7 Å². The number of hydrogen-bond donors (Lipinski definition) is 1. The van der Waals surface area contributed by atoms with Crippen LogP contribution in [0, 0.1) is 0 Å². The van der Waals surface area contributed by atoms with E-state index in [1.165, 1.54) is 14.0 Å². The Balaban J connectivity index is 3.13. The predicted octanol–water partition coefficient (Wildman–Crippen LogP) is 0.561. The van der Waals surface area contributed by atoms with E-state index in [2.05, 4.69) is 0 Å². The van der Waals surface area contributed by atoms with Crippen LogP contribution in [0.4, 0.5) is 0 Å². The van der Waals surface area contributed by atoms with Crippen molar-refractivity contribution in [1.82, 2.24) is 0 Å². The van der Waals surface area contributed by atoms with Crippen molar-refractivity contribution in [1.29, 1.82) is 0 Å². The highest BCUT2D eigenvalue weighted by Crippen LogP contribution is 2.13. The molecule has 2 atom stereocenters. The molecule has 6 heteroatoms. The normalized spacial score (nSPS) is 15.2. The summed E-state index contributed by atoms with van der Waals surface area (Å²) in [6.45, 7) is 1.50. The van der Waals surface area contributed by atoms with Crippen LogP contribution in [0.3, 0.4) is 0 Å². The Morgan fingerprint density at radius 3 is 2.24 bits per heavy atom. The van der Waals surface area contributed by atoms with Crippen LogP contribution in [0.15, 0.2) is 30.3 Å². The van der Waals surface area contributed by atoms with Gasteiger partial charge >= 0.3 is 0 Å². The van der Waals surface area contributed by atoms with E-state index in [9.17, 15) is 13.2 Å². The smallest absolute Gasteiger partial charge is 0.222 e. The molecule has 0 heterocycles. The molecule has 5 nitrogen and oxygen atoms in total. The minimum atomic E-state index is -4.00. The number of hydrogen-bond acceptors (Lipinski definition) is 4. The number of benzene rings is 1. The van der Waals surface area contributed by atoms with Crippen LogP contribution in [0.25, 0.3) is 0 Å². The zero-order chi connectivity index (χ0) is 13.1. The minimum Gasteiger partial charge on any atom is -0.380 e. The molecule has 0 aliphatic heterocycles. The topological polar surface area (TPSA) is 86.5 Å². The molecule has 0 aromatic heterocycles. The molecule has 17 heavy (non-hydrogen) atoms. The maximum absolute atomic E-state index is 12.1. The first-order chi connectivity index (χ1) is 7.88. The van der Waals surface area contributed by atoms with Gasteiger partial charge in [0.05, 0.1) is 6.10 Å². The van der Waals surface area contributed by atoms with Crippen LogP contribution < -0.4 is 5.14 Å². The molecule has 1 aromatic carbocycles. The van der Waals surface area contributed by atoms with E-state index in [1.54, 1.807) is 30.3 Å². The van der Waals surface area contributed by atoms with E-state index in [4.69, 9.17) is 9.88 Å². The average Bonchev–Trinajstić information content (AvgIpc) is 2.28. The largest absolute Gasteiger partial charge is 0.380 e. The van der Waals surface area contributed by atoms with Gasteiger partial charge in [0, 0.05) is 12.7 Å². The number of rotatable bonds is 5. The van der Waals surface area contributed by atoms with E-state index >= 15 is 0 Å². The zero-order valence-corrected chi connectivity index (χ0v) is 10.5. The number of Topliss-reactive ketones (excluding diaryl/α,β-unsaturated/α-hetero) is 1. The second-order valence-corrected chi connectivity index (χ2v) is 5.37. The summed E-state index contributed by atoms with van der Waals surface area (Å²) < 4.78 is 27.7. The number of ketones is 1. The second-order valence-electron chi connectivity index (χ2n) is 3.68. The Hall–Kier alpha value is -1.24. The van der Waals surface area contributed by atoms with E-state index in [-0.39, 0.29) is 0 Å². The molecule has 2 unspecified atom stereocenters. The van der Waals surface area contributed by atoms with Crippen molar-refractivity contribution < 1.29 is 17.9 Å². The Kier molecular flexibility index (Phi) is 4.39. The lowest BCUT2D eigenvalue weighted by Crippen LogP contribution is -2.44. The first-order valence-corrected chi connectivity index (χ1v) is 6.62. The van der Waals surface area contributed by atoms with Gasteiger partial charge in [-0.25, -0.2) is 13.6 Å². The summed E-state index contributed by atoms with van der Waals surface area (Å²) in [4.78, 5) is 12.1. The van der Waals surface area contributed by atoms with Crippen molar-refractivity contribution in [3.05, 3.63) is 35.9 Å². The predicted molar refractivity (Wildman–Crippen MR) is 64.1 cm³/mol. The van der Waals surface area contributed by atoms with Gasteiger partial charge in [0.15, 0.2) is 11.0 Å². The van der Waals surface area contributed by atoms with Gasteiger partial charge in [0.25, 0.3) is 0 Å². The van der Waals surface area contributed by atoms with Gasteiger partial charge in [0.1, 0.15) is 0 Å². The summed E-state index contributed by atoms with van der Waals surface area (Å²) >= 11 is 0. The Labute approximate surface area is 101 Å². The number of methoxy groups -OCH3 is 1. The quantitative estimate of drug-likeness (QED) is 0.781. The van der Waals surface area contributed by atoms with Crippen LogP contribution in [0.2, 0.25) is 0 Å². The fraction of sp³-hybridized carbons (Fsp3) is 0.364. The minimum absolute atomic E-state index is 0.301. The van der Waals surface area contributed by atoms with Gasteiger partial charge < -0.3 is 4.74 Å². The fourth-order valence-corrected chi connectivity index (χ4v) is 2.60. The summed E-state index contributed by atoms with van der Waals surface area (Å²) in [6, 6.07) is 8.14. The van der Waals surface area contributed by atoms with Crippen molar-refractivity contribution in [3.63, 3.8) is 0 Å². The summed E-state index contributed by atoms with van der Waals surface area (Å²) in [5, 5.41) is 3.69. The monoisotopic (exact) mass is 257 g/mol. The molecule has 0 fully saturated rings. The number of nitrogens with two attached hydrogens (primary N) is 1. The second kappa shape index (κ2) is 5.39. The standard InChI is InChI=1S/C11H15NO4S/c1-8(16-2)11(17(12,14)15)10(13)9-6-4-3-5-7-9/h3-8,11H,1-2H3,(H2,12,14,15). The van der Waals surface area contributed by atoms with Gasteiger partial charge in [-0.05, 0) is 6.92 Å². The molecule has 0 radical (unpaired) electrons. The highest BCUT2D eigenvalue weighted by Gasteiger charge is 2.35. The molecule has 0 bridgehead atoms. The lowest BCUT2D eigenvalue weighted by Gasteiger charge is -2.19. The molecule has 94 valence electrons. The fourth-order valence-electron chi connectivity index (χ4n) is 1.52. The zero-order valence-electron chi connectivity index (χ0n) is 9.66. The van der Waals surface area contributed by atoms with E-state index < -0.39 is 27.2 Å². The van der Waals surface area contributed by atoms with Crippen LogP contribution in [0.1, 0.15) is 17.3 Å². The molecular formula is C11H15NO4S. The third-order valence-electron chi connectivity index (χ3n) is 2.47. The third-order valence-corrected chi connectivity index (χ3v) is 3.77. The number of primary sulfonamides is 1. The van der Waals surface area contributed by atoms with Gasteiger partial charge in [-0.1, -0.05) is 30.3 Å². The first-order valence-electron chi connectivity index (χ1n) is 5.01. The molecule has 1 rings (SSSR count). The van der Waals surface area contributed by atoms with Crippen LogP contribution >= 0.6 is 0 Å². The van der Waals surface area contributed by atoms with Crippen molar-refractivity contribution in [3.8, 4) is 0 Å². The van der Waals surface area contributed by atoms with E-state index in [0.29, 0.717) is 5.56 Å². The summed E-state index contributed by atoms with van der Waals surface area (Å²) in [6.07, 6.45) is -0.794. The molecule has 2 N–H and O–H groups in total. The maximum Gasteiger partial charge on any atom is 0.222 e. The van der Waals surface area contributed by atoms with Crippen molar-refractivity contribution in [2.75, 3.05) is 7.11 Å². The summed E-state index contributed by atoms with van der Waals surface area (Å²) in [5.74, 6) is -0.553. The molecule has 0 aliphatic rings. The molecule has 0 saturated carbocycles. The SMILES string of the molecule is COC(C)C(C(=O)c1ccccc1)S(N)(=O)=O. The molecule has 1 aromatic rings. The maximum atomic E-state index is 12.1. The van der Waals surface area contributed by atoms with Gasteiger partial charge in [0.2, 0.25) is 10.0 Å². The highest BCUT2D eigenvalue weighted by atomic mass is 32.2. The van der Waals surface area contributed by atoms with E-state index in [0.717, 1.165) is 0 Å². The highest BCUT2D eigenvalue weighted by molar-refractivity contribution is 7.90. The molecule has 0 spiro atoms. The van der Waals surface area contributed by atoms with Gasteiger partial charge in [-0.2, -0.15) is 0 Å². The number of sulfonamides is 1. The Morgan fingerprint density at radius 1 is 1.29 bits per heavy atom. The van der Waals surface area contributed by atoms with Gasteiger partial charge in [-0.15, -0.1) is 0 Å². The first kappa shape index (κ1) is 13.8. The van der Waals surface area contributed by atoms with Crippen molar-refractivity contribution >= 4 is 15.8 Å². The van der Waals surface area contributed by atoms with Crippen molar-refractivity contribution in [2.24, 2.45) is 5.14 Å². The summed E-state index contributed by atoms with van der Waals surface area (Å²) in [7, 11) is -2.66. The lowest BCUT2D eigenvalue weighted by atomic mass is 10.1. The third kappa shape index (κ3) is 3.36.